The summed E-state index contributed by atoms with van der Waals surface area (Å²) >= 11 is 0. The molecule has 2 aromatic heterocycles. The number of alkyl halides is 3. The molecule has 0 radical (unpaired) electrons. The van der Waals surface area contributed by atoms with E-state index >= 15 is 0 Å². The molecule has 9 nitrogen and oxygen atoms in total. The highest BCUT2D eigenvalue weighted by Crippen LogP contribution is 2.35. The van der Waals surface area contributed by atoms with Crippen LogP contribution >= 0.6 is 0 Å². The van der Waals surface area contributed by atoms with Crippen LogP contribution in [0.3, 0.4) is 0 Å². The molecule has 0 saturated heterocycles. The van der Waals surface area contributed by atoms with Crippen LogP contribution in [0.2, 0.25) is 0 Å². The quantitative estimate of drug-likeness (QED) is 0.639. The van der Waals surface area contributed by atoms with Crippen LogP contribution in [0.5, 0.6) is 0 Å². The Morgan fingerprint density at radius 1 is 1.39 bits per heavy atom. The van der Waals surface area contributed by atoms with Gasteiger partial charge >= 0.3 is 6.18 Å². The molecule has 2 aromatic rings. The second-order valence-electron chi connectivity index (χ2n) is 6.17. The monoisotopic (exact) mass is 418 g/mol. The van der Waals surface area contributed by atoms with Gasteiger partial charge in [-0.05, 0) is 18.1 Å². The predicted octanol–water partition coefficient (Wildman–Crippen LogP) is 1.23. The first kappa shape index (κ1) is 21.6. The summed E-state index contributed by atoms with van der Waals surface area (Å²) in [6, 6.07) is 2.95. The lowest BCUT2D eigenvalue weighted by molar-refractivity contribution is -0.141. The van der Waals surface area contributed by atoms with Crippen LogP contribution in [0.25, 0.3) is 5.82 Å². The van der Waals surface area contributed by atoms with E-state index in [1.54, 1.807) is 13.8 Å². The van der Waals surface area contributed by atoms with E-state index in [1.165, 1.54) is 6.07 Å². The molecule has 1 unspecified atom stereocenters. The summed E-state index contributed by atoms with van der Waals surface area (Å²) in [7, 11) is -4.05. The van der Waals surface area contributed by atoms with Gasteiger partial charge in [-0.1, -0.05) is 13.8 Å². The van der Waals surface area contributed by atoms with E-state index < -0.39 is 40.1 Å². The summed E-state index contributed by atoms with van der Waals surface area (Å²) in [5.41, 5.74) is -2.21. The molecule has 152 valence electrons. The minimum Gasteiger partial charge on any atom is -0.394 e. The third-order valence-corrected chi connectivity index (χ3v) is 4.75. The van der Waals surface area contributed by atoms with Crippen molar-refractivity contribution in [1.82, 2.24) is 14.8 Å². The Labute approximate surface area is 158 Å². The molecule has 0 aliphatic carbocycles. The molecule has 0 fully saturated rings. The Hall–Kier alpha value is -2.69. The standard InChI is InChI=1S/C15H17F3N6O3S/c1-8(2)11(7-25)22-14-10(5-19)13(15(16,17)18)23-24(14)12-4-3-9(6-21-12)28(20,26)27/h3-4,6,8,11,22,25H,7H2,1-2H3,(H2,20,26,27). The number of primary sulfonamides is 1. The number of rotatable bonds is 6. The fourth-order valence-corrected chi connectivity index (χ4v) is 2.74. The van der Waals surface area contributed by atoms with Gasteiger partial charge in [0.05, 0.1) is 12.6 Å². The number of nitrogens with two attached hydrogens (primary N) is 1. The van der Waals surface area contributed by atoms with E-state index in [0.29, 0.717) is 0 Å². The first-order valence-corrected chi connectivity index (χ1v) is 9.41. The number of anilines is 1. The number of nitriles is 1. The molecule has 13 heteroatoms. The van der Waals surface area contributed by atoms with Crippen LogP contribution in [0, 0.1) is 17.2 Å². The molecule has 1 atom stereocenters. The largest absolute Gasteiger partial charge is 0.436 e. The number of hydrogen-bond donors (Lipinski definition) is 3. The number of aliphatic hydroxyl groups is 1. The lowest BCUT2D eigenvalue weighted by atomic mass is 10.1. The fraction of sp³-hybridized carbons (Fsp3) is 0.400. The molecule has 0 aliphatic heterocycles. The van der Waals surface area contributed by atoms with E-state index in [1.807, 2.05) is 0 Å². The molecule has 0 aliphatic rings. The fourth-order valence-electron chi connectivity index (χ4n) is 2.29. The summed E-state index contributed by atoms with van der Waals surface area (Å²) in [5.74, 6) is -0.687. The highest BCUT2D eigenvalue weighted by Gasteiger charge is 2.40. The van der Waals surface area contributed by atoms with Crippen molar-refractivity contribution in [2.45, 2.75) is 31.0 Å². The molecule has 2 rings (SSSR count). The number of aromatic nitrogens is 3. The van der Waals surface area contributed by atoms with Crippen molar-refractivity contribution in [1.29, 1.82) is 5.26 Å². The maximum atomic E-state index is 13.3. The smallest absolute Gasteiger partial charge is 0.394 e. The molecule has 0 saturated carbocycles. The maximum Gasteiger partial charge on any atom is 0.436 e. The van der Waals surface area contributed by atoms with Gasteiger partial charge in [0.25, 0.3) is 0 Å². The van der Waals surface area contributed by atoms with Gasteiger partial charge < -0.3 is 10.4 Å². The lowest BCUT2D eigenvalue weighted by Gasteiger charge is -2.21. The second-order valence-corrected chi connectivity index (χ2v) is 7.73. The Balaban J connectivity index is 2.68. The van der Waals surface area contributed by atoms with E-state index in [-0.39, 0.29) is 22.4 Å². The van der Waals surface area contributed by atoms with Crippen molar-refractivity contribution in [3.8, 4) is 11.9 Å². The molecule has 0 spiro atoms. The van der Waals surface area contributed by atoms with Crippen LogP contribution in [0.15, 0.2) is 23.2 Å². The molecular formula is C15H17F3N6O3S. The van der Waals surface area contributed by atoms with Gasteiger partial charge in [0.1, 0.15) is 16.5 Å². The highest BCUT2D eigenvalue weighted by molar-refractivity contribution is 7.89. The molecule has 0 aromatic carbocycles. The zero-order valence-corrected chi connectivity index (χ0v) is 15.6. The van der Waals surface area contributed by atoms with E-state index in [2.05, 4.69) is 15.4 Å². The zero-order valence-electron chi connectivity index (χ0n) is 14.8. The number of hydrogen-bond acceptors (Lipinski definition) is 7. The lowest BCUT2D eigenvalue weighted by Crippen LogP contribution is -2.31. The van der Waals surface area contributed by atoms with Crippen molar-refractivity contribution in [3.63, 3.8) is 0 Å². The van der Waals surface area contributed by atoms with E-state index in [4.69, 9.17) is 5.14 Å². The van der Waals surface area contributed by atoms with Gasteiger partial charge in [-0.2, -0.15) is 28.2 Å². The topological polar surface area (TPSA) is 147 Å². The van der Waals surface area contributed by atoms with Gasteiger partial charge in [0.15, 0.2) is 17.3 Å². The van der Waals surface area contributed by atoms with Crippen LogP contribution in [0.4, 0.5) is 19.0 Å². The average molecular weight is 418 g/mol. The first-order valence-electron chi connectivity index (χ1n) is 7.87. The summed E-state index contributed by atoms with van der Waals surface area (Å²) in [6.07, 6.45) is -4.05. The van der Waals surface area contributed by atoms with Crippen molar-refractivity contribution in [2.24, 2.45) is 11.1 Å². The minimum atomic E-state index is -4.92. The third kappa shape index (κ3) is 4.41. The number of nitrogens with one attached hydrogen (secondary N) is 1. The third-order valence-electron chi connectivity index (χ3n) is 3.86. The van der Waals surface area contributed by atoms with Crippen molar-refractivity contribution >= 4 is 15.8 Å². The van der Waals surface area contributed by atoms with Crippen molar-refractivity contribution < 1.29 is 26.7 Å². The Kier molecular flexibility index (Phi) is 5.97. The molecule has 0 bridgehead atoms. The summed E-state index contributed by atoms with van der Waals surface area (Å²) in [5, 5.41) is 29.9. The number of pyridine rings is 1. The normalized spacial score (nSPS) is 13.4. The number of nitrogens with zero attached hydrogens (tertiary/aromatic N) is 4. The van der Waals surface area contributed by atoms with Crippen molar-refractivity contribution in [2.75, 3.05) is 11.9 Å². The zero-order chi connectivity index (χ0) is 21.3. The van der Waals surface area contributed by atoms with Gasteiger partial charge in [0.2, 0.25) is 10.0 Å². The number of aliphatic hydroxyl groups excluding tert-OH is 1. The van der Waals surface area contributed by atoms with Gasteiger partial charge in [0, 0.05) is 6.20 Å². The Morgan fingerprint density at radius 3 is 2.43 bits per heavy atom. The van der Waals surface area contributed by atoms with Gasteiger partial charge in [-0.15, -0.1) is 0 Å². The maximum absolute atomic E-state index is 13.3. The predicted molar refractivity (Wildman–Crippen MR) is 91.8 cm³/mol. The molecular weight excluding hydrogens is 401 g/mol. The molecule has 0 amide bonds. The summed E-state index contributed by atoms with van der Waals surface area (Å²) in [6.45, 7) is 3.04. The van der Waals surface area contributed by atoms with Crippen LogP contribution in [-0.4, -0.2) is 40.9 Å². The summed E-state index contributed by atoms with van der Waals surface area (Å²) < 4.78 is 63.4. The second kappa shape index (κ2) is 7.74. The Bertz CT molecular complexity index is 994. The summed E-state index contributed by atoms with van der Waals surface area (Å²) in [4.78, 5) is 3.44. The highest BCUT2D eigenvalue weighted by atomic mass is 32.2. The minimum absolute atomic E-state index is 0.178. The molecule has 28 heavy (non-hydrogen) atoms. The van der Waals surface area contributed by atoms with Gasteiger partial charge in [-0.25, -0.2) is 18.5 Å². The molecule has 2 heterocycles. The van der Waals surface area contributed by atoms with Crippen LogP contribution in [-0.2, 0) is 16.2 Å². The van der Waals surface area contributed by atoms with Crippen LogP contribution in [0.1, 0.15) is 25.1 Å². The molecule has 4 N–H and O–H groups in total. The Morgan fingerprint density at radius 2 is 2.04 bits per heavy atom. The van der Waals surface area contributed by atoms with E-state index in [9.17, 15) is 32.0 Å². The van der Waals surface area contributed by atoms with E-state index in [0.717, 1.165) is 23.0 Å². The van der Waals surface area contributed by atoms with Gasteiger partial charge in [-0.3, -0.25) is 0 Å². The number of sulfonamides is 1. The average Bonchev–Trinajstić information content (AvgIpc) is 2.97. The number of halogens is 3. The first-order chi connectivity index (χ1) is 12.9. The SMILES string of the molecule is CC(C)C(CO)Nc1c(C#N)c(C(F)(F)F)nn1-c1ccc(S(N)(=O)=O)cn1. The van der Waals surface area contributed by atoms with Crippen LogP contribution < -0.4 is 10.5 Å². The van der Waals surface area contributed by atoms with Crippen molar-refractivity contribution in [3.05, 3.63) is 29.6 Å².